The zero-order valence-corrected chi connectivity index (χ0v) is 13.0. The molecule has 2 fully saturated rings. The minimum absolute atomic E-state index is 0.294. The third kappa shape index (κ3) is 2.68. The maximum Gasteiger partial charge on any atom is 0.231 e. The molecule has 0 spiro atoms. The minimum Gasteiger partial charge on any atom is -0.454 e. The number of hydrogen-bond acceptors (Lipinski definition) is 3. The van der Waals surface area contributed by atoms with Crippen LogP contribution in [-0.2, 0) is 0 Å². The van der Waals surface area contributed by atoms with E-state index in [9.17, 15) is 0 Å². The fraction of sp³-hybridized carbons (Fsp3) is 0.647. The summed E-state index contributed by atoms with van der Waals surface area (Å²) in [6.07, 6.45) is 9.62. The van der Waals surface area contributed by atoms with Gasteiger partial charge in [-0.2, -0.15) is 0 Å². The molecule has 1 aliphatic heterocycles. The molecular weight excluding hydrogens is 286 g/mol. The zero-order chi connectivity index (χ0) is 14.2. The summed E-state index contributed by atoms with van der Waals surface area (Å²) in [4.78, 5) is 0. The first-order chi connectivity index (χ1) is 10.3. The Kier molecular flexibility index (Phi) is 3.62. The smallest absolute Gasteiger partial charge is 0.231 e. The number of nitrogens with one attached hydrogen (secondary N) is 1. The molecule has 3 nitrogen and oxygen atoms in total. The van der Waals surface area contributed by atoms with E-state index in [1.165, 1.54) is 44.9 Å². The summed E-state index contributed by atoms with van der Waals surface area (Å²) in [6.45, 7) is 0.294. The van der Waals surface area contributed by atoms with Gasteiger partial charge in [0.1, 0.15) is 0 Å². The second-order valence-corrected chi connectivity index (χ2v) is 7.05. The van der Waals surface area contributed by atoms with Gasteiger partial charge in [-0.25, -0.2) is 0 Å². The molecule has 0 radical (unpaired) electrons. The van der Waals surface area contributed by atoms with E-state index in [1.807, 2.05) is 12.1 Å². The Morgan fingerprint density at radius 1 is 0.952 bits per heavy atom. The summed E-state index contributed by atoms with van der Waals surface area (Å²) < 4.78 is 10.8. The Labute approximate surface area is 131 Å². The van der Waals surface area contributed by atoms with Gasteiger partial charge in [0.2, 0.25) is 6.79 Å². The fourth-order valence-corrected chi connectivity index (χ4v) is 4.46. The lowest BCUT2D eigenvalue weighted by Crippen LogP contribution is -2.34. The highest BCUT2D eigenvalue weighted by Gasteiger charge is 2.32. The van der Waals surface area contributed by atoms with Crippen molar-refractivity contribution in [1.82, 2.24) is 0 Å². The van der Waals surface area contributed by atoms with Crippen LogP contribution in [0.3, 0.4) is 0 Å². The van der Waals surface area contributed by atoms with Gasteiger partial charge in [0.15, 0.2) is 11.5 Å². The van der Waals surface area contributed by atoms with Gasteiger partial charge in [0, 0.05) is 18.2 Å². The normalized spacial score (nSPS) is 30.8. The third-order valence-electron chi connectivity index (χ3n) is 5.36. The molecule has 3 unspecified atom stereocenters. The van der Waals surface area contributed by atoms with E-state index < -0.39 is 0 Å². The van der Waals surface area contributed by atoms with Gasteiger partial charge in [-0.15, -0.1) is 0 Å². The highest BCUT2D eigenvalue weighted by atomic mass is 35.5. The van der Waals surface area contributed by atoms with Crippen molar-refractivity contribution < 1.29 is 9.47 Å². The largest absolute Gasteiger partial charge is 0.454 e. The van der Waals surface area contributed by atoms with Gasteiger partial charge in [-0.1, -0.05) is 37.3 Å². The molecule has 0 bridgehead atoms. The lowest BCUT2D eigenvalue weighted by Gasteiger charge is -2.40. The van der Waals surface area contributed by atoms with Crippen LogP contribution in [0.4, 0.5) is 5.69 Å². The van der Waals surface area contributed by atoms with Gasteiger partial charge < -0.3 is 14.8 Å². The predicted octanol–water partition coefficient (Wildman–Crippen LogP) is 4.84. The average molecular weight is 308 g/mol. The molecule has 0 saturated heterocycles. The summed E-state index contributed by atoms with van der Waals surface area (Å²) in [5, 5.41) is 4.37. The molecule has 1 aromatic rings. The second-order valence-electron chi connectivity index (χ2n) is 6.64. The Bertz CT molecular complexity index is 534. The number of anilines is 1. The van der Waals surface area contributed by atoms with Crippen molar-refractivity contribution in [3.63, 3.8) is 0 Å². The van der Waals surface area contributed by atoms with Crippen LogP contribution in [0, 0.1) is 11.8 Å². The predicted molar refractivity (Wildman–Crippen MR) is 84.3 cm³/mol. The highest BCUT2D eigenvalue weighted by molar-refractivity contribution is 6.33. The molecular formula is C17H22ClNO2. The van der Waals surface area contributed by atoms with Gasteiger partial charge in [-0.05, 0) is 31.1 Å². The number of fused-ring (bicyclic) bond motifs is 2. The Morgan fingerprint density at radius 2 is 1.71 bits per heavy atom. The van der Waals surface area contributed by atoms with Crippen LogP contribution in [-0.4, -0.2) is 12.8 Å². The fourth-order valence-electron chi connectivity index (χ4n) is 4.25. The minimum atomic E-state index is 0.294. The molecule has 2 aliphatic carbocycles. The van der Waals surface area contributed by atoms with E-state index in [0.29, 0.717) is 12.8 Å². The molecule has 2 saturated carbocycles. The number of halogens is 1. The van der Waals surface area contributed by atoms with Gasteiger partial charge in [-0.3, -0.25) is 0 Å². The van der Waals surface area contributed by atoms with E-state index in [4.69, 9.17) is 21.1 Å². The molecule has 114 valence electrons. The molecule has 4 heteroatoms. The van der Waals surface area contributed by atoms with Crippen LogP contribution in [0.1, 0.15) is 44.9 Å². The Balaban J connectivity index is 1.46. The number of ether oxygens (including phenoxy) is 2. The maximum absolute atomic E-state index is 6.37. The van der Waals surface area contributed by atoms with E-state index in [2.05, 4.69) is 5.32 Å². The summed E-state index contributed by atoms with van der Waals surface area (Å²) in [7, 11) is 0. The third-order valence-corrected chi connectivity index (χ3v) is 5.67. The molecule has 0 aromatic heterocycles. The lowest BCUT2D eigenvalue weighted by atomic mass is 9.69. The number of hydrogen-bond donors (Lipinski definition) is 1. The molecule has 1 N–H and O–H groups in total. The monoisotopic (exact) mass is 307 g/mol. The van der Waals surface area contributed by atoms with Gasteiger partial charge >= 0.3 is 0 Å². The van der Waals surface area contributed by atoms with E-state index >= 15 is 0 Å². The van der Waals surface area contributed by atoms with Crippen molar-refractivity contribution in [3.05, 3.63) is 17.2 Å². The van der Waals surface area contributed by atoms with Crippen molar-refractivity contribution in [3.8, 4) is 11.5 Å². The Hall–Kier alpha value is -1.09. The summed E-state index contributed by atoms with van der Waals surface area (Å²) in [5.74, 6) is 3.44. The van der Waals surface area contributed by atoms with E-state index in [0.717, 1.165) is 34.0 Å². The number of rotatable bonds is 2. The summed E-state index contributed by atoms with van der Waals surface area (Å²) in [6, 6.07) is 4.39. The zero-order valence-electron chi connectivity index (χ0n) is 12.2. The van der Waals surface area contributed by atoms with E-state index in [1.54, 1.807) is 0 Å². The molecule has 1 aromatic carbocycles. The first kappa shape index (κ1) is 13.6. The lowest BCUT2D eigenvalue weighted by molar-refractivity contribution is 0.162. The quantitative estimate of drug-likeness (QED) is 0.848. The molecule has 3 aliphatic rings. The van der Waals surface area contributed by atoms with Crippen LogP contribution in [0.5, 0.6) is 11.5 Å². The van der Waals surface area contributed by atoms with Crippen LogP contribution in [0.25, 0.3) is 0 Å². The Morgan fingerprint density at radius 3 is 2.57 bits per heavy atom. The molecule has 0 amide bonds. The molecule has 4 rings (SSSR count). The van der Waals surface area contributed by atoms with E-state index in [-0.39, 0.29) is 0 Å². The second kappa shape index (κ2) is 5.60. The molecule has 3 atom stereocenters. The molecule has 1 heterocycles. The summed E-state index contributed by atoms with van der Waals surface area (Å²) >= 11 is 6.37. The standard InChI is InChI=1S/C17H22ClNO2/c18-14-8-16-17(21-10-20-16)9-15(14)19-13-6-5-11-3-1-2-4-12(11)7-13/h8-9,11-13,19H,1-7,10H2. The first-order valence-corrected chi connectivity index (χ1v) is 8.53. The number of benzene rings is 1. The first-order valence-electron chi connectivity index (χ1n) is 8.15. The SMILES string of the molecule is Clc1cc2c(cc1NC1CCC3CCCCC3C1)OCO2. The maximum atomic E-state index is 6.37. The van der Waals surface area contributed by atoms with Gasteiger partial charge in [0.05, 0.1) is 10.7 Å². The van der Waals surface area contributed by atoms with Crippen molar-refractivity contribution in [1.29, 1.82) is 0 Å². The average Bonchev–Trinajstić information content (AvgIpc) is 2.94. The van der Waals surface area contributed by atoms with Crippen molar-refractivity contribution >= 4 is 17.3 Å². The highest BCUT2D eigenvalue weighted by Crippen LogP contribution is 2.43. The summed E-state index contributed by atoms with van der Waals surface area (Å²) in [5.41, 5.74) is 0.986. The van der Waals surface area contributed by atoms with Crippen molar-refractivity contribution in [2.75, 3.05) is 12.1 Å². The van der Waals surface area contributed by atoms with Crippen LogP contribution >= 0.6 is 11.6 Å². The van der Waals surface area contributed by atoms with Crippen LogP contribution in [0.15, 0.2) is 12.1 Å². The topological polar surface area (TPSA) is 30.5 Å². The van der Waals surface area contributed by atoms with Gasteiger partial charge in [0.25, 0.3) is 0 Å². The van der Waals surface area contributed by atoms with Crippen LogP contribution in [0.2, 0.25) is 5.02 Å². The van der Waals surface area contributed by atoms with Crippen molar-refractivity contribution in [2.24, 2.45) is 11.8 Å². The molecule has 21 heavy (non-hydrogen) atoms. The van der Waals surface area contributed by atoms with Crippen LogP contribution < -0.4 is 14.8 Å². The van der Waals surface area contributed by atoms with Crippen molar-refractivity contribution in [2.45, 2.75) is 51.0 Å².